The van der Waals surface area contributed by atoms with Crippen LogP contribution in [-0.2, 0) is 11.2 Å². The normalized spacial score (nSPS) is 16.6. The minimum atomic E-state index is -0.753. The largest absolute Gasteiger partial charge is 0.480 e. The van der Waals surface area contributed by atoms with E-state index in [4.69, 9.17) is 5.11 Å². The third-order valence-corrected chi connectivity index (χ3v) is 4.82. The highest BCUT2D eigenvalue weighted by Crippen LogP contribution is 2.34. The van der Waals surface area contributed by atoms with Crippen molar-refractivity contribution in [3.05, 3.63) is 23.8 Å². The van der Waals surface area contributed by atoms with E-state index in [1.54, 1.807) is 6.92 Å². The van der Waals surface area contributed by atoms with E-state index in [0.717, 1.165) is 11.3 Å². The summed E-state index contributed by atoms with van der Waals surface area (Å²) in [5, 5.41) is 8.48. The molecule has 1 aromatic rings. The minimum Gasteiger partial charge on any atom is -0.480 e. The molecule has 2 nitrogen and oxygen atoms in total. The molecule has 0 spiro atoms. The molecule has 1 aliphatic heterocycles. The van der Waals surface area contributed by atoms with Gasteiger partial charge >= 0.3 is 5.97 Å². The Morgan fingerprint density at radius 3 is 3.12 bits per heavy atom. The number of hydrogen-bond acceptors (Lipinski definition) is 3. The van der Waals surface area contributed by atoms with E-state index in [1.165, 1.54) is 34.4 Å². The Balaban J connectivity index is 2.14. The first-order chi connectivity index (χ1) is 7.66. The Kier molecular flexibility index (Phi) is 3.82. The molecule has 0 saturated carbocycles. The molecule has 0 fully saturated rings. The average molecular weight is 254 g/mol. The number of aliphatic carboxylic acids is 1. The zero-order valence-corrected chi connectivity index (χ0v) is 10.7. The molecular formula is C12H14O2S2. The zero-order valence-electron chi connectivity index (χ0n) is 9.10. The molecule has 4 heteroatoms. The number of carbonyl (C=O) groups is 1. The molecule has 1 atom stereocenters. The van der Waals surface area contributed by atoms with Crippen LogP contribution in [0.2, 0.25) is 0 Å². The summed E-state index contributed by atoms with van der Waals surface area (Å²) in [5.74, 6) is 0.447. The summed E-state index contributed by atoms with van der Waals surface area (Å²) < 4.78 is 0. The quantitative estimate of drug-likeness (QED) is 0.840. The first-order valence-electron chi connectivity index (χ1n) is 5.32. The van der Waals surface area contributed by atoms with Gasteiger partial charge in [0.1, 0.15) is 5.25 Å². The highest BCUT2D eigenvalue weighted by molar-refractivity contribution is 8.00. The van der Waals surface area contributed by atoms with Crippen LogP contribution >= 0.6 is 23.5 Å². The maximum Gasteiger partial charge on any atom is 0.316 e. The van der Waals surface area contributed by atoms with E-state index in [0.29, 0.717) is 0 Å². The standard InChI is InChI=1S/C12H14O2S2/c1-8(12(13)14)16-10-4-5-11-9(7-10)3-2-6-15-11/h4-5,7-8H,2-3,6H2,1H3,(H,13,14). The molecule has 1 unspecified atom stereocenters. The number of benzene rings is 1. The Labute approximate surface area is 104 Å². The maximum atomic E-state index is 10.8. The van der Waals surface area contributed by atoms with Gasteiger partial charge in [-0.05, 0) is 49.3 Å². The summed E-state index contributed by atoms with van der Waals surface area (Å²) in [5.41, 5.74) is 1.37. The summed E-state index contributed by atoms with van der Waals surface area (Å²) in [6.45, 7) is 1.72. The third kappa shape index (κ3) is 2.74. The van der Waals surface area contributed by atoms with Crippen molar-refractivity contribution in [1.29, 1.82) is 0 Å². The molecule has 0 aromatic heterocycles. The number of fused-ring (bicyclic) bond motifs is 1. The van der Waals surface area contributed by atoms with E-state index in [9.17, 15) is 4.79 Å². The van der Waals surface area contributed by atoms with Crippen LogP contribution in [0.1, 0.15) is 18.9 Å². The highest BCUT2D eigenvalue weighted by Gasteiger charge is 2.15. The predicted molar refractivity (Wildman–Crippen MR) is 68.4 cm³/mol. The molecule has 0 aliphatic carbocycles. The number of rotatable bonds is 3. The second kappa shape index (κ2) is 5.15. The second-order valence-electron chi connectivity index (χ2n) is 3.82. The lowest BCUT2D eigenvalue weighted by Crippen LogP contribution is -2.11. The molecule has 1 aliphatic rings. The monoisotopic (exact) mass is 254 g/mol. The fourth-order valence-corrected chi connectivity index (χ4v) is 3.55. The van der Waals surface area contributed by atoms with Crippen LogP contribution in [0.15, 0.2) is 28.0 Å². The zero-order chi connectivity index (χ0) is 11.5. The van der Waals surface area contributed by atoms with Crippen LogP contribution in [0.4, 0.5) is 0 Å². The molecule has 0 saturated heterocycles. The average Bonchev–Trinajstić information content (AvgIpc) is 2.28. The van der Waals surface area contributed by atoms with Crippen molar-refractivity contribution in [1.82, 2.24) is 0 Å². The molecule has 86 valence electrons. The number of thioether (sulfide) groups is 2. The molecule has 0 radical (unpaired) electrons. The fourth-order valence-electron chi connectivity index (χ4n) is 1.66. The fraction of sp³-hybridized carbons (Fsp3) is 0.417. The van der Waals surface area contributed by atoms with Gasteiger partial charge in [0.05, 0.1) is 0 Å². The number of hydrogen-bond donors (Lipinski definition) is 1. The molecule has 0 amide bonds. The Morgan fingerprint density at radius 1 is 1.56 bits per heavy atom. The van der Waals surface area contributed by atoms with Gasteiger partial charge in [0.25, 0.3) is 0 Å². The van der Waals surface area contributed by atoms with Gasteiger partial charge in [-0.25, -0.2) is 0 Å². The van der Waals surface area contributed by atoms with Crippen LogP contribution in [-0.4, -0.2) is 22.1 Å². The topological polar surface area (TPSA) is 37.3 Å². The summed E-state index contributed by atoms with van der Waals surface area (Å²) >= 11 is 3.31. The van der Waals surface area contributed by atoms with Crippen molar-refractivity contribution in [3.8, 4) is 0 Å². The molecule has 1 aromatic carbocycles. The first kappa shape index (κ1) is 11.9. The van der Waals surface area contributed by atoms with Crippen molar-refractivity contribution in [3.63, 3.8) is 0 Å². The summed E-state index contributed by atoms with van der Waals surface area (Å²) in [7, 11) is 0. The van der Waals surface area contributed by atoms with Crippen molar-refractivity contribution in [2.75, 3.05) is 5.75 Å². The van der Waals surface area contributed by atoms with Crippen molar-refractivity contribution >= 4 is 29.5 Å². The second-order valence-corrected chi connectivity index (χ2v) is 6.37. The molecular weight excluding hydrogens is 240 g/mol. The summed E-state index contributed by atoms with van der Waals surface area (Å²) in [4.78, 5) is 13.2. The van der Waals surface area contributed by atoms with Gasteiger partial charge in [0, 0.05) is 9.79 Å². The molecule has 16 heavy (non-hydrogen) atoms. The lowest BCUT2D eigenvalue weighted by molar-refractivity contribution is -0.136. The van der Waals surface area contributed by atoms with Gasteiger partial charge in [-0.3, -0.25) is 4.79 Å². The van der Waals surface area contributed by atoms with Crippen LogP contribution in [0, 0.1) is 0 Å². The van der Waals surface area contributed by atoms with Crippen molar-refractivity contribution < 1.29 is 9.90 Å². The summed E-state index contributed by atoms with van der Waals surface area (Å²) in [6, 6.07) is 6.29. The summed E-state index contributed by atoms with van der Waals surface area (Å²) in [6.07, 6.45) is 2.35. The predicted octanol–water partition coefficient (Wildman–Crippen LogP) is 3.29. The van der Waals surface area contributed by atoms with Crippen LogP contribution in [0.5, 0.6) is 0 Å². The van der Waals surface area contributed by atoms with Crippen molar-refractivity contribution in [2.24, 2.45) is 0 Å². The third-order valence-electron chi connectivity index (χ3n) is 2.54. The smallest absolute Gasteiger partial charge is 0.316 e. The Hall–Kier alpha value is -0.610. The van der Waals surface area contributed by atoms with E-state index >= 15 is 0 Å². The lowest BCUT2D eigenvalue weighted by Gasteiger charge is -2.16. The van der Waals surface area contributed by atoms with Crippen molar-refractivity contribution in [2.45, 2.75) is 34.8 Å². The van der Waals surface area contributed by atoms with E-state index in [1.807, 2.05) is 17.8 Å². The van der Waals surface area contributed by atoms with Gasteiger partial charge < -0.3 is 5.11 Å². The van der Waals surface area contributed by atoms with E-state index < -0.39 is 5.97 Å². The molecule has 1 heterocycles. The molecule has 2 rings (SSSR count). The minimum absolute atomic E-state index is 0.380. The van der Waals surface area contributed by atoms with Gasteiger partial charge in [0.15, 0.2) is 0 Å². The Morgan fingerprint density at radius 2 is 2.38 bits per heavy atom. The van der Waals surface area contributed by atoms with Crippen LogP contribution in [0.3, 0.4) is 0 Å². The number of aryl methyl sites for hydroxylation is 1. The van der Waals surface area contributed by atoms with Gasteiger partial charge in [0.2, 0.25) is 0 Å². The SMILES string of the molecule is CC(Sc1ccc2c(c1)CCCS2)C(=O)O. The van der Waals surface area contributed by atoms with Crippen LogP contribution < -0.4 is 0 Å². The first-order valence-corrected chi connectivity index (χ1v) is 7.18. The van der Waals surface area contributed by atoms with E-state index in [2.05, 4.69) is 12.1 Å². The van der Waals surface area contributed by atoms with Gasteiger partial charge in [-0.1, -0.05) is 0 Å². The lowest BCUT2D eigenvalue weighted by atomic mass is 10.1. The molecule has 1 N–H and O–H groups in total. The highest BCUT2D eigenvalue weighted by atomic mass is 32.2. The number of carboxylic acids is 1. The number of carboxylic acid groups (broad SMARTS) is 1. The van der Waals surface area contributed by atoms with E-state index in [-0.39, 0.29) is 5.25 Å². The van der Waals surface area contributed by atoms with Gasteiger partial charge in [-0.2, -0.15) is 0 Å². The van der Waals surface area contributed by atoms with Gasteiger partial charge in [-0.15, -0.1) is 23.5 Å². The molecule has 0 bridgehead atoms. The Bertz CT molecular complexity index is 404. The maximum absolute atomic E-state index is 10.8. The van der Waals surface area contributed by atoms with Crippen LogP contribution in [0.25, 0.3) is 0 Å².